The van der Waals surface area contributed by atoms with Crippen LogP contribution in [0.2, 0.25) is 0 Å². The first-order valence-electron chi connectivity index (χ1n) is 14.6. The van der Waals surface area contributed by atoms with Crippen LogP contribution in [0.25, 0.3) is 10.9 Å². The Morgan fingerprint density at radius 1 is 1.13 bits per heavy atom. The van der Waals surface area contributed by atoms with E-state index >= 15 is 0 Å². The predicted octanol–water partition coefficient (Wildman–Crippen LogP) is 5.25. The van der Waals surface area contributed by atoms with E-state index in [-0.39, 0.29) is 24.7 Å². The Balaban J connectivity index is 1.27. The molecule has 2 unspecified atom stereocenters. The van der Waals surface area contributed by atoms with E-state index in [1.54, 1.807) is 29.2 Å². The monoisotopic (exact) mass is 676 g/mol. The number of sulfonamides is 1. The summed E-state index contributed by atoms with van der Waals surface area (Å²) in [4.78, 5) is 22.9. The first-order chi connectivity index (χ1) is 22.0. The molecule has 4 aromatic rings. The summed E-state index contributed by atoms with van der Waals surface area (Å²) in [6.45, 7) is 6.14. The third-order valence-corrected chi connectivity index (χ3v) is 8.64. The number of benzene rings is 2. The lowest BCUT2D eigenvalue weighted by molar-refractivity contribution is -0.234. The van der Waals surface area contributed by atoms with Crippen LogP contribution in [0.1, 0.15) is 38.4 Å². The van der Waals surface area contributed by atoms with Gasteiger partial charge in [0.1, 0.15) is 12.1 Å². The molecule has 2 aromatic heterocycles. The Morgan fingerprint density at radius 2 is 1.89 bits per heavy atom. The highest BCUT2D eigenvalue weighted by Gasteiger charge is 2.37. The largest absolute Gasteiger partial charge is 0.439 e. The van der Waals surface area contributed by atoms with Gasteiger partial charge in [0.05, 0.1) is 35.2 Å². The Labute approximate surface area is 269 Å². The Kier molecular flexibility index (Phi) is 9.62. The minimum Gasteiger partial charge on any atom is -0.439 e. The summed E-state index contributed by atoms with van der Waals surface area (Å²) in [5, 5.41) is 13.6. The van der Waals surface area contributed by atoms with Gasteiger partial charge in [0.15, 0.2) is 0 Å². The summed E-state index contributed by atoms with van der Waals surface area (Å²) >= 11 is 0. The van der Waals surface area contributed by atoms with Gasteiger partial charge < -0.3 is 19.9 Å². The van der Waals surface area contributed by atoms with Crippen molar-refractivity contribution < 1.29 is 41.0 Å². The van der Waals surface area contributed by atoms with Gasteiger partial charge >= 0.3 is 12.2 Å². The third kappa shape index (κ3) is 8.64. The fraction of sp³-hybridized carbons (Fsp3) is 0.387. The minimum atomic E-state index is -4.54. The number of amides is 1. The van der Waals surface area contributed by atoms with Crippen LogP contribution in [0.15, 0.2) is 67.1 Å². The van der Waals surface area contributed by atoms with Crippen LogP contribution < -0.4 is 10.1 Å². The maximum absolute atomic E-state index is 13.1. The number of aromatic nitrogens is 3. The molecule has 1 aliphatic rings. The number of nitrogens with one attached hydrogen (secondary N) is 1. The molecule has 0 saturated carbocycles. The van der Waals surface area contributed by atoms with Crippen LogP contribution in [0, 0.1) is 0 Å². The fourth-order valence-electron chi connectivity index (χ4n) is 5.23. The van der Waals surface area contributed by atoms with Crippen molar-refractivity contribution in [2.45, 2.75) is 58.0 Å². The number of rotatable bonds is 9. The first-order valence-corrected chi connectivity index (χ1v) is 16.5. The number of hydrogen-bond acceptors (Lipinski definition) is 9. The van der Waals surface area contributed by atoms with Crippen molar-refractivity contribution in [3.63, 3.8) is 0 Å². The van der Waals surface area contributed by atoms with Crippen molar-refractivity contribution in [2.24, 2.45) is 0 Å². The number of halogens is 3. The molecule has 252 valence electrons. The molecular weight excluding hydrogens is 641 g/mol. The average molecular weight is 677 g/mol. The van der Waals surface area contributed by atoms with Crippen molar-refractivity contribution in [3.05, 3.63) is 78.4 Å². The zero-order valence-corrected chi connectivity index (χ0v) is 26.9. The molecule has 2 N–H and O–H groups in total. The lowest BCUT2D eigenvalue weighted by Crippen LogP contribution is -2.44. The summed E-state index contributed by atoms with van der Waals surface area (Å²) < 4.78 is 79.0. The summed E-state index contributed by atoms with van der Waals surface area (Å²) in [5.74, 6) is 0.531. The molecule has 0 aliphatic carbocycles. The number of nitrogens with zero attached hydrogens (tertiary/aromatic N) is 5. The maximum Gasteiger partial charge on any atom is 0.416 e. The molecule has 1 fully saturated rings. The van der Waals surface area contributed by atoms with E-state index in [9.17, 15) is 31.5 Å². The summed E-state index contributed by atoms with van der Waals surface area (Å²) in [7, 11) is -3.66. The Hall–Kier alpha value is -4.09. The molecule has 16 heteroatoms. The molecule has 12 nitrogen and oxygen atoms in total. The van der Waals surface area contributed by atoms with E-state index in [1.807, 2.05) is 20.8 Å². The number of aliphatic hydroxyl groups is 1. The van der Waals surface area contributed by atoms with Crippen LogP contribution in [0.4, 0.5) is 23.7 Å². The van der Waals surface area contributed by atoms with Crippen LogP contribution >= 0.6 is 0 Å². The number of ether oxygens (including phenoxy) is 2. The topological polar surface area (TPSA) is 139 Å². The van der Waals surface area contributed by atoms with Gasteiger partial charge in [-0.1, -0.05) is 6.07 Å². The maximum atomic E-state index is 13.1. The summed E-state index contributed by atoms with van der Waals surface area (Å²) in [6.07, 6.45) is -1.35. The number of carbonyl (C=O) groups excluding carboxylic acids is 1. The van der Waals surface area contributed by atoms with Crippen LogP contribution in [0.3, 0.4) is 0 Å². The number of hydrogen-bond donors (Lipinski definition) is 2. The van der Waals surface area contributed by atoms with Crippen molar-refractivity contribution in [1.82, 2.24) is 23.7 Å². The van der Waals surface area contributed by atoms with E-state index in [0.717, 1.165) is 18.4 Å². The van der Waals surface area contributed by atoms with E-state index in [2.05, 4.69) is 15.3 Å². The van der Waals surface area contributed by atoms with Crippen molar-refractivity contribution in [2.75, 3.05) is 24.7 Å². The van der Waals surface area contributed by atoms with Gasteiger partial charge in [-0.15, -0.1) is 0 Å². The quantitative estimate of drug-likeness (QED) is 0.228. The van der Waals surface area contributed by atoms with Gasteiger partial charge in [-0.2, -0.15) is 17.5 Å². The normalized spacial score (nSPS) is 16.9. The standard InChI is InChI=1S/C31H35F3N6O6S/c1-30(2,3)46-29(42)38-12-11-24(18-38)40(47(4,43)44)17-23-16-27(36-19-35-23)45-25-8-9-26-20(14-25)10-13-39(26)28(41)37-22-7-5-6-21(15-22)31(32,33)34/h5-10,13-16,19,24,29,42H,11-12,17-18H2,1-4H3,(H,37,41). The van der Waals surface area contributed by atoms with Gasteiger partial charge in [-0.05, 0) is 69.7 Å². The number of aliphatic hydroxyl groups excluding tert-OH is 1. The lowest BCUT2D eigenvalue weighted by atomic mass is 10.2. The van der Waals surface area contributed by atoms with Gasteiger partial charge in [-0.25, -0.2) is 23.2 Å². The van der Waals surface area contributed by atoms with Crippen molar-refractivity contribution >= 4 is 32.6 Å². The van der Waals surface area contributed by atoms with Crippen LogP contribution in [-0.4, -0.2) is 80.7 Å². The summed E-state index contributed by atoms with van der Waals surface area (Å²) in [5.41, 5.74) is -0.581. The molecule has 1 amide bonds. The second kappa shape index (κ2) is 13.2. The molecule has 5 rings (SSSR count). The number of carbonyl (C=O) groups is 1. The number of fused-ring (bicyclic) bond motifs is 1. The molecular formula is C31H35F3N6O6S. The Bertz CT molecular complexity index is 1860. The molecule has 0 spiro atoms. The van der Waals surface area contributed by atoms with E-state index in [0.29, 0.717) is 35.3 Å². The van der Waals surface area contributed by atoms with Crippen molar-refractivity contribution in [3.8, 4) is 11.6 Å². The smallest absolute Gasteiger partial charge is 0.416 e. The molecule has 2 aromatic carbocycles. The van der Waals surface area contributed by atoms with E-state index in [1.165, 1.54) is 39.6 Å². The number of alkyl halides is 3. The second-order valence-corrected chi connectivity index (χ2v) is 14.1. The zero-order chi connectivity index (χ0) is 34.1. The average Bonchev–Trinajstić information content (AvgIpc) is 3.62. The molecule has 0 bridgehead atoms. The van der Waals surface area contributed by atoms with Gasteiger partial charge in [0, 0.05) is 42.5 Å². The van der Waals surface area contributed by atoms with E-state index in [4.69, 9.17) is 9.47 Å². The van der Waals surface area contributed by atoms with Gasteiger partial charge in [0.25, 0.3) is 0 Å². The molecule has 3 heterocycles. The minimum absolute atomic E-state index is 0.00182. The lowest BCUT2D eigenvalue weighted by Gasteiger charge is -2.31. The molecule has 1 saturated heterocycles. The van der Waals surface area contributed by atoms with Crippen molar-refractivity contribution in [1.29, 1.82) is 0 Å². The highest BCUT2D eigenvalue weighted by Crippen LogP contribution is 2.31. The number of anilines is 1. The molecule has 1 aliphatic heterocycles. The van der Waals surface area contributed by atoms with Crippen LogP contribution in [-0.2, 0) is 27.5 Å². The SMILES string of the molecule is CC(C)(C)OC(O)N1CCC(N(Cc2cc(Oc3ccc4c(ccn4C(=O)Nc4cccc(C(F)(F)F)c4)c3)ncn2)S(C)(=O)=O)C1. The number of likely N-dealkylation sites (tertiary alicyclic amines) is 1. The van der Waals surface area contributed by atoms with E-state index < -0.39 is 45.9 Å². The highest BCUT2D eigenvalue weighted by atomic mass is 32.2. The van der Waals surface area contributed by atoms with Gasteiger partial charge in [0.2, 0.25) is 22.3 Å². The second-order valence-electron chi connectivity index (χ2n) is 12.2. The third-order valence-electron chi connectivity index (χ3n) is 7.36. The highest BCUT2D eigenvalue weighted by molar-refractivity contribution is 7.88. The fourth-order valence-corrected chi connectivity index (χ4v) is 6.31. The predicted molar refractivity (Wildman–Crippen MR) is 167 cm³/mol. The van der Waals surface area contributed by atoms with Crippen LogP contribution in [0.5, 0.6) is 11.6 Å². The molecule has 2 atom stereocenters. The Morgan fingerprint density at radius 3 is 2.60 bits per heavy atom. The molecule has 47 heavy (non-hydrogen) atoms. The zero-order valence-electron chi connectivity index (χ0n) is 26.1. The molecule has 0 radical (unpaired) electrons. The first kappa shape index (κ1) is 34.3. The summed E-state index contributed by atoms with van der Waals surface area (Å²) in [6, 6.07) is 11.3. The van der Waals surface area contributed by atoms with Gasteiger partial charge in [-0.3, -0.25) is 9.47 Å².